The fraction of sp³-hybridized carbons (Fsp3) is 0.188. The van der Waals surface area contributed by atoms with Crippen LogP contribution >= 0.6 is 0 Å². The van der Waals surface area contributed by atoms with Crippen LogP contribution in [0.25, 0.3) is 0 Å². The highest BCUT2D eigenvalue weighted by molar-refractivity contribution is 5.90. The summed E-state index contributed by atoms with van der Waals surface area (Å²) in [7, 11) is 0. The Bertz CT molecular complexity index is 643. The molecule has 2 N–H and O–H groups in total. The first kappa shape index (κ1) is 14.8. The van der Waals surface area contributed by atoms with Crippen molar-refractivity contribution in [1.82, 2.24) is 0 Å². The van der Waals surface area contributed by atoms with E-state index in [0.29, 0.717) is 24.5 Å². The number of ether oxygens (including phenoxy) is 1. The standard InChI is InChI=1S/C16H16FNO3/c1-11-10-12(6-7-14(11)17)18-8-9-21-15-5-3-2-4-13(15)16(19)20/h2-7,10,18H,8-9H2,1H3,(H,19,20). The van der Waals surface area contributed by atoms with Gasteiger partial charge in [-0.2, -0.15) is 0 Å². The summed E-state index contributed by atoms with van der Waals surface area (Å²) >= 11 is 0. The van der Waals surface area contributed by atoms with Gasteiger partial charge in [-0.15, -0.1) is 0 Å². The van der Waals surface area contributed by atoms with Crippen LogP contribution in [0.15, 0.2) is 42.5 Å². The number of aryl methyl sites for hydroxylation is 1. The van der Waals surface area contributed by atoms with Crippen LogP contribution in [0.4, 0.5) is 10.1 Å². The molecule has 2 aromatic carbocycles. The van der Waals surface area contributed by atoms with Crippen molar-refractivity contribution in [3.8, 4) is 5.75 Å². The quantitative estimate of drug-likeness (QED) is 0.801. The number of carbonyl (C=O) groups is 1. The summed E-state index contributed by atoms with van der Waals surface area (Å²) in [5.41, 5.74) is 1.50. The Morgan fingerprint density at radius 1 is 1.29 bits per heavy atom. The minimum absolute atomic E-state index is 0.134. The monoisotopic (exact) mass is 289 g/mol. The molecule has 0 unspecified atom stereocenters. The average Bonchev–Trinajstić information content (AvgIpc) is 2.47. The topological polar surface area (TPSA) is 58.6 Å². The molecule has 21 heavy (non-hydrogen) atoms. The average molecular weight is 289 g/mol. The summed E-state index contributed by atoms with van der Waals surface area (Å²) in [5.74, 6) is -0.929. The zero-order valence-electron chi connectivity index (χ0n) is 11.6. The fourth-order valence-electron chi connectivity index (χ4n) is 1.88. The highest BCUT2D eigenvalue weighted by atomic mass is 19.1. The van der Waals surface area contributed by atoms with Crippen LogP contribution in [0.3, 0.4) is 0 Å². The van der Waals surface area contributed by atoms with Crippen molar-refractivity contribution in [3.05, 3.63) is 59.4 Å². The maximum Gasteiger partial charge on any atom is 0.339 e. The number of aromatic carboxylic acids is 1. The molecule has 0 bridgehead atoms. The van der Waals surface area contributed by atoms with Crippen molar-refractivity contribution in [2.24, 2.45) is 0 Å². The van der Waals surface area contributed by atoms with E-state index in [-0.39, 0.29) is 11.4 Å². The number of hydrogen-bond acceptors (Lipinski definition) is 3. The van der Waals surface area contributed by atoms with Crippen molar-refractivity contribution >= 4 is 11.7 Å². The first-order valence-electron chi connectivity index (χ1n) is 6.53. The SMILES string of the molecule is Cc1cc(NCCOc2ccccc2C(=O)O)ccc1F. The lowest BCUT2D eigenvalue weighted by Gasteiger charge is -2.11. The highest BCUT2D eigenvalue weighted by Crippen LogP contribution is 2.18. The second-order valence-electron chi connectivity index (χ2n) is 4.54. The number of nitrogens with one attached hydrogen (secondary N) is 1. The normalized spacial score (nSPS) is 10.2. The van der Waals surface area contributed by atoms with Gasteiger partial charge >= 0.3 is 5.97 Å². The third-order valence-corrected chi connectivity index (χ3v) is 2.96. The molecule has 2 aromatic rings. The Hall–Kier alpha value is -2.56. The molecule has 0 saturated heterocycles. The van der Waals surface area contributed by atoms with Crippen LogP contribution in [0.5, 0.6) is 5.75 Å². The van der Waals surface area contributed by atoms with E-state index in [1.54, 1.807) is 37.3 Å². The number of benzene rings is 2. The molecular formula is C16H16FNO3. The maximum absolute atomic E-state index is 13.1. The molecule has 0 aromatic heterocycles. The first-order valence-corrected chi connectivity index (χ1v) is 6.53. The van der Waals surface area contributed by atoms with Gasteiger partial charge in [0.2, 0.25) is 0 Å². The van der Waals surface area contributed by atoms with E-state index in [2.05, 4.69) is 5.32 Å². The number of hydrogen-bond donors (Lipinski definition) is 2. The van der Waals surface area contributed by atoms with Gasteiger partial charge in [0.1, 0.15) is 23.7 Å². The molecule has 0 aliphatic heterocycles. The molecule has 0 fully saturated rings. The van der Waals surface area contributed by atoms with Gasteiger partial charge in [0.05, 0.1) is 0 Å². The second kappa shape index (κ2) is 6.74. The summed E-state index contributed by atoms with van der Waals surface area (Å²) in [5, 5.41) is 12.1. The van der Waals surface area contributed by atoms with Crippen LogP contribution < -0.4 is 10.1 Å². The summed E-state index contributed by atoms with van der Waals surface area (Å²) in [6.45, 7) is 2.49. The largest absolute Gasteiger partial charge is 0.491 e. The smallest absolute Gasteiger partial charge is 0.339 e. The van der Waals surface area contributed by atoms with Crippen molar-refractivity contribution in [3.63, 3.8) is 0 Å². The molecule has 0 heterocycles. The Labute approximate surface area is 122 Å². The number of carboxylic acids is 1. The number of halogens is 1. The minimum Gasteiger partial charge on any atom is -0.491 e. The lowest BCUT2D eigenvalue weighted by molar-refractivity contribution is 0.0692. The molecule has 2 rings (SSSR count). The Balaban J connectivity index is 1.87. The predicted octanol–water partition coefficient (Wildman–Crippen LogP) is 3.32. The Morgan fingerprint density at radius 2 is 2.05 bits per heavy atom. The zero-order valence-corrected chi connectivity index (χ0v) is 11.6. The van der Waals surface area contributed by atoms with E-state index in [1.807, 2.05) is 0 Å². The van der Waals surface area contributed by atoms with Gasteiger partial charge in [-0.3, -0.25) is 0 Å². The van der Waals surface area contributed by atoms with Crippen molar-refractivity contribution in [2.45, 2.75) is 6.92 Å². The van der Waals surface area contributed by atoms with Gasteiger partial charge in [0.15, 0.2) is 0 Å². The number of para-hydroxylation sites is 1. The molecule has 0 aliphatic carbocycles. The summed E-state index contributed by atoms with van der Waals surface area (Å²) < 4.78 is 18.6. The molecule has 0 atom stereocenters. The summed E-state index contributed by atoms with van der Waals surface area (Å²) in [6, 6.07) is 11.2. The number of rotatable bonds is 6. The molecule has 0 aliphatic rings. The van der Waals surface area contributed by atoms with Crippen LogP contribution in [-0.2, 0) is 0 Å². The lowest BCUT2D eigenvalue weighted by atomic mass is 10.2. The maximum atomic E-state index is 13.1. The van der Waals surface area contributed by atoms with Crippen LogP contribution in [-0.4, -0.2) is 24.2 Å². The third kappa shape index (κ3) is 3.95. The molecule has 0 spiro atoms. The van der Waals surface area contributed by atoms with Crippen LogP contribution in [0.2, 0.25) is 0 Å². The van der Waals surface area contributed by atoms with E-state index < -0.39 is 5.97 Å². The number of carboxylic acid groups (broad SMARTS) is 1. The Kier molecular flexibility index (Phi) is 4.77. The molecule has 4 nitrogen and oxygen atoms in total. The van der Waals surface area contributed by atoms with Gasteiger partial charge in [-0.25, -0.2) is 9.18 Å². The van der Waals surface area contributed by atoms with Crippen molar-refractivity contribution < 1.29 is 19.0 Å². The molecular weight excluding hydrogens is 273 g/mol. The summed E-state index contributed by atoms with van der Waals surface area (Å²) in [6.07, 6.45) is 0. The molecule has 0 radical (unpaired) electrons. The zero-order chi connectivity index (χ0) is 15.2. The van der Waals surface area contributed by atoms with Crippen LogP contribution in [0.1, 0.15) is 15.9 Å². The van der Waals surface area contributed by atoms with E-state index >= 15 is 0 Å². The lowest BCUT2D eigenvalue weighted by Crippen LogP contribution is -2.13. The van der Waals surface area contributed by atoms with E-state index in [0.717, 1.165) is 5.69 Å². The second-order valence-corrected chi connectivity index (χ2v) is 4.54. The molecule has 5 heteroatoms. The Morgan fingerprint density at radius 3 is 2.76 bits per heavy atom. The summed E-state index contributed by atoms with van der Waals surface area (Å²) in [4.78, 5) is 11.0. The minimum atomic E-state index is -1.02. The van der Waals surface area contributed by atoms with Gasteiger partial charge in [0.25, 0.3) is 0 Å². The van der Waals surface area contributed by atoms with Gasteiger partial charge in [-0.1, -0.05) is 12.1 Å². The fourth-order valence-corrected chi connectivity index (χ4v) is 1.88. The van der Waals surface area contributed by atoms with Crippen LogP contribution in [0, 0.1) is 12.7 Å². The van der Waals surface area contributed by atoms with Crippen molar-refractivity contribution in [2.75, 3.05) is 18.5 Å². The molecule has 110 valence electrons. The number of anilines is 1. The molecule has 0 saturated carbocycles. The van der Waals surface area contributed by atoms with Crippen molar-refractivity contribution in [1.29, 1.82) is 0 Å². The van der Waals surface area contributed by atoms with Gasteiger partial charge in [-0.05, 0) is 42.8 Å². The molecule has 0 amide bonds. The van der Waals surface area contributed by atoms with Gasteiger partial charge < -0.3 is 15.2 Å². The first-order chi connectivity index (χ1) is 10.1. The predicted molar refractivity (Wildman–Crippen MR) is 78.5 cm³/mol. The van der Waals surface area contributed by atoms with E-state index in [4.69, 9.17) is 9.84 Å². The highest BCUT2D eigenvalue weighted by Gasteiger charge is 2.09. The van der Waals surface area contributed by atoms with E-state index in [1.165, 1.54) is 12.1 Å². The third-order valence-electron chi connectivity index (χ3n) is 2.96. The van der Waals surface area contributed by atoms with Gasteiger partial charge in [0, 0.05) is 12.2 Å². The van der Waals surface area contributed by atoms with E-state index in [9.17, 15) is 9.18 Å².